The maximum Gasteiger partial charge on any atom is 0.251 e. The SMILES string of the molecule is CC(NC(=O)c1ccc(S(C)(=O)=O)cc1)c1cc2ccccc2o1. The van der Waals surface area contributed by atoms with Gasteiger partial charge in [-0.2, -0.15) is 0 Å². The molecule has 3 aromatic rings. The third kappa shape index (κ3) is 3.33. The molecule has 0 fully saturated rings. The van der Waals surface area contributed by atoms with Gasteiger partial charge in [-0.25, -0.2) is 8.42 Å². The van der Waals surface area contributed by atoms with Gasteiger partial charge < -0.3 is 9.73 Å². The molecule has 1 N–H and O–H groups in total. The third-order valence-electron chi connectivity index (χ3n) is 3.76. The minimum absolute atomic E-state index is 0.185. The first-order chi connectivity index (χ1) is 11.3. The summed E-state index contributed by atoms with van der Waals surface area (Å²) in [6.45, 7) is 1.83. The summed E-state index contributed by atoms with van der Waals surface area (Å²) in [7, 11) is -3.27. The molecule has 1 heterocycles. The van der Waals surface area contributed by atoms with E-state index >= 15 is 0 Å². The summed E-state index contributed by atoms with van der Waals surface area (Å²) in [6, 6.07) is 15.1. The normalized spacial score (nSPS) is 12.9. The second kappa shape index (κ2) is 6.13. The van der Waals surface area contributed by atoms with E-state index in [-0.39, 0.29) is 16.8 Å². The van der Waals surface area contributed by atoms with Crippen LogP contribution in [0.1, 0.15) is 29.1 Å². The summed E-state index contributed by atoms with van der Waals surface area (Å²) < 4.78 is 28.6. The number of sulfone groups is 1. The summed E-state index contributed by atoms with van der Waals surface area (Å²) in [6.07, 6.45) is 1.13. The van der Waals surface area contributed by atoms with Gasteiger partial charge in [-0.15, -0.1) is 0 Å². The van der Waals surface area contributed by atoms with Crippen molar-refractivity contribution in [2.24, 2.45) is 0 Å². The van der Waals surface area contributed by atoms with Crippen molar-refractivity contribution in [2.75, 3.05) is 6.26 Å². The molecule has 1 aromatic heterocycles. The fourth-order valence-corrected chi connectivity index (χ4v) is 3.05. The maximum absolute atomic E-state index is 12.3. The van der Waals surface area contributed by atoms with E-state index in [2.05, 4.69) is 5.32 Å². The van der Waals surface area contributed by atoms with Crippen molar-refractivity contribution in [2.45, 2.75) is 17.9 Å². The topological polar surface area (TPSA) is 76.4 Å². The lowest BCUT2D eigenvalue weighted by molar-refractivity contribution is 0.0935. The van der Waals surface area contributed by atoms with Crippen LogP contribution in [0.3, 0.4) is 0 Å². The maximum atomic E-state index is 12.3. The molecule has 0 aliphatic heterocycles. The summed E-state index contributed by atoms with van der Waals surface area (Å²) in [5.74, 6) is 0.375. The Morgan fingerprint density at radius 2 is 1.75 bits per heavy atom. The Morgan fingerprint density at radius 1 is 1.08 bits per heavy atom. The zero-order valence-corrected chi connectivity index (χ0v) is 14.1. The van der Waals surface area contributed by atoms with Crippen molar-refractivity contribution in [3.05, 3.63) is 65.9 Å². The fraction of sp³-hybridized carbons (Fsp3) is 0.167. The van der Waals surface area contributed by atoms with Gasteiger partial charge in [0.05, 0.1) is 10.9 Å². The highest BCUT2D eigenvalue weighted by atomic mass is 32.2. The number of furan rings is 1. The van der Waals surface area contributed by atoms with Crippen molar-refractivity contribution >= 4 is 26.7 Å². The number of nitrogens with one attached hydrogen (secondary N) is 1. The van der Waals surface area contributed by atoms with Crippen LogP contribution in [-0.2, 0) is 9.84 Å². The van der Waals surface area contributed by atoms with E-state index in [1.54, 1.807) is 0 Å². The Kier molecular flexibility index (Phi) is 4.15. The number of fused-ring (bicyclic) bond motifs is 1. The van der Waals surface area contributed by atoms with Gasteiger partial charge in [0.15, 0.2) is 9.84 Å². The number of rotatable bonds is 4. The van der Waals surface area contributed by atoms with E-state index in [9.17, 15) is 13.2 Å². The lowest BCUT2D eigenvalue weighted by Gasteiger charge is -2.11. The highest BCUT2D eigenvalue weighted by Gasteiger charge is 2.16. The lowest BCUT2D eigenvalue weighted by Crippen LogP contribution is -2.26. The zero-order chi connectivity index (χ0) is 17.3. The number of benzene rings is 2. The van der Waals surface area contributed by atoms with Crippen LogP contribution in [0.2, 0.25) is 0 Å². The van der Waals surface area contributed by atoms with Gasteiger partial charge in [-0.3, -0.25) is 4.79 Å². The molecule has 0 bridgehead atoms. The average Bonchev–Trinajstić information content (AvgIpc) is 2.98. The molecular weight excluding hydrogens is 326 g/mol. The predicted octanol–water partition coefficient (Wildman–Crippen LogP) is 3.33. The van der Waals surface area contributed by atoms with E-state index in [0.29, 0.717) is 11.3 Å². The van der Waals surface area contributed by atoms with Gasteiger partial charge in [-0.1, -0.05) is 18.2 Å². The van der Waals surface area contributed by atoms with Gasteiger partial charge in [-0.05, 0) is 43.3 Å². The van der Waals surface area contributed by atoms with Crippen LogP contribution in [0.5, 0.6) is 0 Å². The van der Waals surface area contributed by atoms with Crippen LogP contribution < -0.4 is 5.32 Å². The fourth-order valence-electron chi connectivity index (χ4n) is 2.42. The smallest absolute Gasteiger partial charge is 0.251 e. The Balaban J connectivity index is 1.76. The summed E-state index contributed by atoms with van der Waals surface area (Å²) in [5.41, 5.74) is 1.16. The molecule has 24 heavy (non-hydrogen) atoms. The summed E-state index contributed by atoms with van der Waals surface area (Å²) in [5, 5.41) is 3.83. The van der Waals surface area contributed by atoms with Crippen LogP contribution in [-0.4, -0.2) is 20.6 Å². The Bertz CT molecular complexity index is 954. The molecule has 1 atom stereocenters. The van der Waals surface area contributed by atoms with E-state index in [1.165, 1.54) is 24.3 Å². The van der Waals surface area contributed by atoms with Gasteiger partial charge >= 0.3 is 0 Å². The van der Waals surface area contributed by atoms with Crippen LogP contribution in [0.15, 0.2) is 63.9 Å². The minimum atomic E-state index is -3.27. The van der Waals surface area contributed by atoms with Crippen LogP contribution in [0.4, 0.5) is 0 Å². The first kappa shape index (κ1) is 16.3. The van der Waals surface area contributed by atoms with Crippen molar-refractivity contribution in [1.82, 2.24) is 5.32 Å². The largest absolute Gasteiger partial charge is 0.459 e. The molecule has 0 aliphatic carbocycles. The second-order valence-corrected chi connectivity index (χ2v) is 7.69. The molecule has 0 saturated heterocycles. The molecule has 0 radical (unpaired) electrons. The van der Waals surface area contributed by atoms with Gasteiger partial charge in [0.1, 0.15) is 11.3 Å². The average molecular weight is 343 g/mol. The first-order valence-electron chi connectivity index (χ1n) is 7.44. The van der Waals surface area contributed by atoms with Crippen molar-refractivity contribution in [3.63, 3.8) is 0 Å². The van der Waals surface area contributed by atoms with Crippen LogP contribution in [0, 0.1) is 0 Å². The van der Waals surface area contributed by atoms with E-state index < -0.39 is 9.84 Å². The molecule has 0 aliphatic rings. The number of carbonyl (C=O) groups is 1. The van der Waals surface area contributed by atoms with E-state index in [0.717, 1.165) is 17.2 Å². The molecule has 0 spiro atoms. The van der Waals surface area contributed by atoms with Crippen molar-refractivity contribution < 1.29 is 17.6 Å². The van der Waals surface area contributed by atoms with Crippen molar-refractivity contribution in [1.29, 1.82) is 0 Å². The summed E-state index contributed by atoms with van der Waals surface area (Å²) >= 11 is 0. The molecule has 0 saturated carbocycles. The molecule has 2 aromatic carbocycles. The number of para-hydroxylation sites is 1. The molecule has 1 amide bonds. The Hall–Kier alpha value is -2.60. The molecule has 3 rings (SSSR count). The van der Waals surface area contributed by atoms with Gasteiger partial charge in [0, 0.05) is 17.2 Å². The Morgan fingerprint density at radius 3 is 2.38 bits per heavy atom. The molecule has 1 unspecified atom stereocenters. The lowest BCUT2D eigenvalue weighted by atomic mass is 10.1. The van der Waals surface area contributed by atoms with E-state index in [4.69, 9.17) is 4.42 Å². The number of carbonyl (C=O) groups excluding carboxylic acids is 1. The molecule has 124 valence electrons. The highest BCUT2D eigenvalue weighted by molar-refractivity contribution is 7.90. The third-order valence-corrected chi connectivity index (χ3v) is 4.89. The molecule has 6 heteroatoms. The molecule has 5 nitrogen and oxygen atoms in total. The standard InChI is InChI=1S/C18H17NO4S/c1-12(17-11-14-5-3-4-6-16(14)23-17)19-18(20)13-7-9-15(10-8-13)24(2,21)22/h3-12H,1-2H3,(H,19,20). The molecular formula is C18H17NO4S. The van der Waals surface area contributed by atoms with Crippen LogP contribution >= 0.6 is 0 Å². The second-order valence-electron chi connectivity index (χ2n) is 5.68. The van der Waals surface area contributed by atoms with Gasteiger partial charge in [0.2, 0.25) is 0 Å². The zero-order valence-electron chi connectivity index (χ0n) is 13.3. The number of amides is 1. The first-order valence-corrected chi connectivity index (χ1v) is 9.33. The van der Waals surface area contributed by atoms with Crippen LogP contribution in [0.25, 0.3) is 11.0 Å². The van der Waals surface area contributed by atoms with E-state index in [1.807, 2.05) is 37.3 Å². The Labute approximate surface area is 140 Å². The minimum Gasteiger partial charge on any atom is -0.459 e. The van der Waals surface area contributed by atoms with Crippen molar-refractivity contribution in [3.8, 4) is 0 Å². The predicted molar refractivity (Wildman–Crippen MR) is 91.6 cm³/mol. The van der Waals surface area contributed by atoms with Gasteiger partial charge in [0.25, 0.3) is 5.91 Å². The number of hydrogen-bond donors (Lipinski definition) is 1. The summed E-state index contributed by atoms with van der Waals surface area (Å²) in [4.78, 5) is 12.5. The highest BCUT2D eigenvalue weighted by Crippen LogP contribution is 2.23. The quantitative estimate of drug-likeness (QED) is 0.788. The number of hydrogen-bond acceptors (Lipinski definition) is 4. The monoisotopic (exact) mass is 343 g/mol.